The average molecular weight is 335 g/mol. The lowest BCUT2D eigenvalue weighted by atomic mass is 10.2. The van der Waals surface area contributed by atoms with Gasteiger partial charge in [0.25, 0.3) is 0 Å². The Labute approximate surface area is 122 Å². The molecule has 0 aliphatic carbocycles. The molecule has 1 atom stereocenters. The van der Waals surface area contributed by atoms with Gasteiger partial charge in [-0.25, -0.2) is 13.2 Å². The summed E-state index contributed by atoms with van der Waals surface area (Å²) in [7, 11) is -1.27. The molecule has 2 aromatic heterocycles. The number of aryl methyl sites for hydroxylation is 1. The number of fused-ring (bicyclic) bond motifs is 1. The van der Waals surface area contributed by atoms with Crippen LogP contribution in [0.4, 0.5) is 0 Å². The lowest BCUT2D eigenvalue weighted by molar-refractivity contribution is 0.678. The molecule has 96 valence electrons. The summed E-state index contributed by atoms with van der Waals surface area (Å²) in [6.07, 6.45) is 3.51. The van der Waals surface area contributed by atoms with Crippen LogP contribution in [0.25, 0.3) is 11.0 Å². The SMILES string of the molecule is Cc1ccc(S(=O)n2ccc3c(Br)ccnc32)cc1. The van der Waals surface area contributed by atoms with E-state index in [2.05, 4.69) is 20.9 Å². The van der Waals surface area contributed by atoms with E-state index in [9.17, 15) is 4.21 Å². The van der Waals surface area contributed by atoms with Crippen LogP contribution in [0, 0.1) is 6.92 Å². The second kappa shape index (κ2) is 4.90. The van der Waals surface area contributed by atoms with Gasteiger partial charge in [-0.05, 0) is 47.1 Å². The number of pyridine rings is 1. The molecule has 0 spiro atoms. The first kappa shape index (κ1) is 12.6. The summed E-state index contributed by atoms with van der Waals surface area (Å²) < 4.78 is 15.2. The van der Waals surface area contributed by atoms with Gasteiger partial charge in [-0.15, -0.1) is 0 Å². The van der Waals surface area contributed by atoms with Gasteiger partial charge in [0.1, 0.15) is 0 Å². The topological polar surface area (TPSA) is 34.9 Å². The van der Waals surface area contributed by atoms with E-state index in [1.54, 1.807) is 16.4 Å². The quantitative estimate of drug-likeness (QED) is 0.716. The number of halogens is 1. The fourth-order valence-electron chi connectivity index (χ4n) is 1.88. The van der Waals surface area contributed by atoms with Crippen LogP contribution in [-0.2, 0) is 11.0 Å². The lowest BCUT2D eigenvalue weighted by Gasteiger charge is -2.05. The first-order chi connectivity index (χ1) is 9.16. The summed E-state index contributed by atoms with van der Waals surface area (Å²) in [5, 5.41) is 0.961. The van der Waals surface area contributed by atoms with E-state index >= 15 is 0 Å². The Balaban J connectivity index is 2.12. The van der Waals surface area contributed by atoms with Crippen LogP contribution >= 0.6 is 15.9 Å². The van der Waals surface area contributed by atoms with Crippen LogP contribution in [0.3, 0.4) is 0 Å². The van der Waals surface area contributed by atoms with E-state index < -0.39 is 11.0 Å². The number of hydrogen-bond acceptors (Lipinski definition) is 2. The highest BCUT2D eigenvalue weighted by atomic mass is 79.9. The van der Waals surface area contributed by atoms with Crippen molar-refractivity contribution in [2.45, 2.75) is 11.8 Å². The second-order valence-electron chi connectivity index (χ2n) is 4.23. The van der Waals surface area contributed by atoms with Crippen molar-refractivity contribution in [2.75, 3.05) is 0 Å². The molecule has 1 aromatic carbocycles. The smallest absolute Gasteiger partial charge is 0.158 e. The van der Waals surface area contributed by atoms with Crippen molar-refractivity contribution in [1.29, 1.82) is 0 Å². The Hall–Kier alpha value is -1.46. The molecule has 3 aromatic rings. The summed E-state index contributed by atoms with van der Waals surface area (Å²) >= 11 is 3.47. The van der Waals surface area contributed by atoms with Gasteiger partial charge in [-0.2, -0.15) is 0 Å². The minimum atomic E-state index is -1.27. The third-order valence-corrected chi connectivity index (χ3v) is 4.92. The van der Waals surface area contributed by atoms with Crippen molar-refractivity contribution in [3.8, 4) is 0 Å². The standard InChI is InChI=1S/C14H11BrN2OS/c1-10-2-4-11(5-3-10)19(18)17-9-7-12-13(15)6-8-16-14(12)17/h2-9H,1H3. The number of aromatic nitrogens is 2. The Bertz CT molecular complexity index is 765. The molecule has 0 aliphatic rings. The van der Waals surface area contributed by atoms with Gasteiger partial charge in [-0.3, -0.25) is 0 Å². The molecule has 3 nitrogen and oxygen atoms in total. The predicted octanol–water partition coefficient (Wildman–Crippen LogP) is 3.68. The number of nitrogens with zero attached hydrogens (tertiary/aromatic N) is 2. The average Bonchev–Trinajstić information content (AvgIpc) is 2.84. The number of rotatable bonds is 2. The predicted molar refractivity (Wildman–Crippen MR) is 80.4 cm³/mol. The molecule has 5 heteroatoms. The zero-order valence-corrected chi connectivity index (χ0v) is 12.6. The largest absolute Gasteiger partial charge is 0.246 e. The molecule has 0 aliphatic heterocycles. The Morgan fingerprint density at radius 2 is 1.89 bits per heavy atom. The van der Waals surface area contributed by atoms with Gasteiger partial charge in [-0.1, -0.05) is 17.7 Å². The van der Waals surface area contributed by atoms with E-state index in [1.807, 2.05) is 43.3 Å². The summed E-state index contributed by atoms with van der Waals surface area (Å²) in [5.41, 5.74) is 1.87. The highest BCUT2D eigenvalue weighted by molar-refractivity contribution is 9.10. The van der Waals surface area contributed by atoms with Gasteiger partial charge >= 0.3 is 0 Å². The molecule has 2 heterocycles. The summed E-state index contributed by atoms with van der Waals surface area (Å²) in [5.74, 6) is 0. The molecular formula is C14H11BrN2OS. The van der Waals surface area contributed by atoms with Gasteiger partial charge in [0.15, 0.2) is 16.6 Å². The highest BCUT2D eigenvalue weighted by Gasteiger charge is 2.11. The molecule has 1 unspecified atom stereocenters. The molecule has 0 saturated heterocycles. The van der Waals surface area contributed by atoms with Gasteiger partial charge in [0.05, 0.1) is 4.90 Å². The van der Waals surface area contributed by atoms with Crippen molar-refractivity contribution >= 4 is 37.9 Å². The fourth-order valence-corrected chi connectivity index (χ4v) is 3.38. The monoisotopic (exact) mass is 334 g/mol. The molecule has 0 N–H and O–H groups in total. The van der Waals surface area contributed by atoms with Crippen molar-refractivity contribution in [2.24, 2.45) is 0 Å². The summed E-state index contributed by atoms with van der Waals surface area (Å²) in [4.78, 5) is 5.07. The maximum absolute atomic E-state index is 12.6. The number of hydrogen-bond donors (Lipinski definition) is 0. The molecule has 0 amide bonds. The molecule has 0 bridgehead atoms. The van der Waals surface area contributed by atoms with Crippen molar-refractivity contribution in [3.05, 3.63) is 58.8 Å². The molecule has 0 saturated carbocycles. The van der Waals surface area contributed by atoms with E-state index in [0.29, 0.717) is 5.65 Å². The van der Waals surface area contributed by atoms with Crippen molar-refractivity contribution in [1.82, 2.24) is 8.96 Å². The third-order valence-electron chi connectivity index (χ3n) is 2.90. The Morgan fingerprint density at radius 3 is 2.63 bits per heavy atom. The molecule has 0 fully saturated rings. The van der Waals surface area contributed by atoms with Crippen molar-refractivity contribution in [3.63, 3.8) is 0 Å². The minimum absolute atomic E-state index is 0.716. The molecule has 19 heavy (non-hydrogen) atoms. The Morgan fingerprint density at radius 1 is 1.16 bits per heavy atom. The van der Waals surface area contributed by atoms with Crippen LogP contribution in [0.1, 0.15) is 5.56 Å². The van der Waals surface area contributed by atoms with E-state index in [-0.39, 0.29) is 0 Å². The highest BCUT2D eigenvalue weighted by Crippen LogP contribution is 2.24. The zero-order chi connectivity index (χ0) is 13.4. The zero-order valence-electron chi connectivity index (χ0n) is 10.2. The summed E-state index contributed by atoms with van der Waals surface area (Å²) in [6.45, 7) is 2.01. The van der Waals surface area contributed by atoms with E-state index in [1.165, 1.54) is 0 Å². The minimum Gasteiger partial charge on any atom is -0.246 e. The Kier molecular flexibility index (Phi) is 3.24. The molecular weight excluding hydrogens is 324 g/mol. The van der Waals surface area contributed by atoms with Crippen molar-refractivity contribution < 1.29 is 4.21 Å². The van der Waals surface area contributed by atoms with Gasteiger partial charge in [0, 0.05) is 22.3 Å². The lowest BCUT2D eigenvalue weighted by Crippen LogP contribution is -2.04. The maximum atomic E-state index is 12.6. The summed E-state index contributed by atoms with van der Waals surface area (Å²) in [6, 6.07) is 11.5. The van der Waals surface area contributed by atoms with E-state index in [4.69, 9.17) is 0 Å². The number of benzene rings is 1. The first-order valence-electron chi connectivity index (χ1n) is 5.77. The second-order valence-corrected chi connectivity index (χ2v) is 6.45. The van der Waals surface area contributed by atoms with Crippen LogP contribution in [-0.4, -0.2) is 13.2 Å². The molecule has 0 radical (unpaired) electrons. The third kappa shape index (κ3) is 2.24. The maximum Gasteiger partial charge on any atom is 0.158 e. The van der Waals surface area contributed by atoms with Crippen LogP contribution in [0.2, 0.25) is 0 Å². The normalized spacial score (nSPS) is 12.7. The van der Waals surface area contributed by atoms with Gasteiger partial charge < -0.3 is 0 Å². The first-order valence-corrected chi connectivity index (χ1v) is 7.67. The van der Waals surface area contributed by atoms with Crippen LogP contribution < -0.4 is 0 Å². The fraction of sp³-hybridized carbons (Fsp3) is 0.0714. The van der Waals surface area contributed by atoms with Crippen LogP contribution in [0.5, 0.6) is 0 Å². The van der Waals surface area contributed by atoms with E-state index in [0.717, 1.165) is 20.3 Å². The molecule has 3 rings (SSSR count). The van der Waals surface area contributed by atoms with Crippen LogP contribution in [0.15, 0.2) is 58.2 Å². The van der Waals surface area contributed by atoms with Gasteiger partial charge in [0.2, 0.25) is 0 Å².